The average molecular weight is 417 g/mol. The van der Waals surface area contributed by atoms with Gasteiger partial charge in [-0.25, -0.2) is 9.78 Å². The zero-order valence-electron chi connectivity index (χ0n) is 17.4. The molecule has 8 heteroatoms. The summed E-state index contributed by atoms with van der Waals surface area (Å²) in [7, 11) is 0. The molecule has 0 fully saturated rings. The number of fused-ring (bicyclic) bond motifs is 1. The molecule has 2 N–H and O–H groups in total. The molecule has 0 aliphatic heterocycles. The van der Waals surface area contributed by atoms with Crippen LogP contribution in [0.5, 0.6) is 0 Å². The Kier molecular flexibility index (Phi) is 5.53. The number of carbonyl (C=O) groups excluding carboxylic acids is 1. The average Bonchev–Trinajstić information content (AvgIpc) is 3.02. The van der Waals surface area contributed by atoms with E-state index in [0.29, 0.717) is 29.3 Å². The van der Waals surface area contributed by atoms with E-state index in [9.17, 15) is 14.4 Å². The van der Waals surface area contributed by atoms with Crippen molar-refractivity contribution in [2.75, 3.05) is 5.32 Å². The number of hydrogen-bond donors (Lipinski definition) is 2. The first-order valence-electron chi connectivity index (χ1n) is 10.1. The number of rotatable bonds is 6. The molecule has 0 atom stereocenters. The van der Waals surface area contributed by atoms with Gasteiger partial charge >= 0.3 is 5.69 Å². The molecule has 4 rings (SSSR count). The molecule has 4 aromatic rings. The van der Waals surface area contributed by atoms with Crippen LogP contribution in [0.15, 0.2) is 64.2 Å². The van der Waals surface area contributed by atoms with Crippen molar-refractivity contribution in [3.05, 3.63) is 81.1 Å². The van der Waals surface area contributed by atoms with Crippen LogP contribution in [0.3, 0.4) is 0 Å². The Morgan fingerprint density at radius 2 is 1.77 bits per heavy atom. The molecule has 1 amide bonds. The quantitative estimate of drug-likeness (QED) is 0.504. The van der Waals surface area contributed by atoms with E-state index in [2.05, 4.69) is 15.3 Å². The van der Waals surface area contributed by atoms with E-state index >= 15 is 0 Å². The third kappa shape index (κ3) is 4.18. The lowest BCUT2D eigenvalue weighted by atomic mass is 10.2. The van der Waals surface area contributed by atoms with Crippen molar-refractivity contribution in [3.8, 4) is 11.4 Å². The van der Waals surface area contributed by atoms with E-state index in [1.807, 2.05) is 37.3 Å². The van der Waals surface area contributed by atoms with Gasteiger partial charge in [-0.2, -0.15) is 0 Å². The molecule has 2 heterocycles. The summed E-state index contributed by atoms with van der Waals surface area (Å²) in [5.41, 5.74) is 3.24. The standard InChI is InChI=1S/C23H23N5O3/c1-3-27-18-9-4-5-10-19(18)28(23(27)31)12-11-20(29)25-17-8-6-7-16(14-17)22-24-15(2)13-21(30)26-22/h4-10,13-14H,3,11-12H2,1-2H3,(H,25,29)(H,24,26,30). The summed E-state index contributed by atoms with van der Waals surface area (Å²) in [4.78, 5) is 44.0. The molecule has 0 unspecified atom stereocenters. The number of anilines is 1. The minimum Gasteiger partial charge on any atom is -0.326 e. The van der Waals surface area contributed by atoms with Crippen LogP contribution in [-0.4, -0.2) is 25.0 Å². The van der Waals surface area contributed by atoms with Gasteiger partial charge in [0.1, 0.15) is 5.82 Å². The Morgan fingerprint density at radius 3 is 2.48 bits per heavy atom. The van der Waals surface area contributed by atoms with Gasteiger partial charge < -0.3 is 10.3 Å². The lowest BCUT2D eigenvalue weighted by molar-refractivity contribution is -0.116. The molecular weight excluding hydrogens is 394 g/mol. The highest BCUT2D eigenvalue weighted by atomic mass is 16.2. The Labute approximate surface area is 178 Å². The lowest BCUT2D eigenvalue weighted by Gasteiger charge is -2.08. The van der Waals surface area contributed by atoms with E-state index in [4.69, 9.17) is 0 Å². The molecule has 2 aromatic heterocycles. The van der Waals surface area contributed by atoms with E-state index in [-0.39, 0.29) is 30.1 Å². The van der Waals surface area contributed by atoms with Crippen LogP contribution in [0.1, 0.15) is 19.0 Å². The van der Waals surface area contributed by atoms with Crippen LogP contribution in [0.2, 0.25) is 0 Å². The largest absolute Gasteiger partial charge is 0.329 e. The van der Waals surface area contributed by atoms with Crippen LogP contribution < -0.4 is 16.6 Å². The first-order valence-corrected chi connectivity index (χ1v) is 10.1. The number of hydrogen-bond acceptors (Lipinski definition) is 4. The highest BCUT2D eigenvalue weighted by Crippen LogP contribution is 2.19. The van der Waals surface area contributed by atoms with Crippen molar-refractivity contribution in [3.63, 3.8) is 0 Å². The second-order valence-corrected chi connectivity index (χ2v) is 7.28. The molecule has 0 spiro atoms. The van der Waals surface area contributed by atoms with Gasteiger partial charge in [0.05, 0.1) is 11.0 Å². The molecule has 0 saturated heterocycles. The number of H-pyrrole nitrogens is 1. The Bertz CT molecular complexity index is 1380. The third-order valence-electron chi connectivity index (χ3n) is 5.09. The summed E-state index contributed by atoms with van der Waals surface area (Å²) in [5.74, 6) is 0.239. The first-order chi connectivity index (χ1) is 15.0. The maximum Gasteiger partial charge on any atom is 0.329 e. The number of benzene rings is 2. The van der Waals surface area contributed by atoms with Gasteiger partial charge in [-0.05, 0) is 38.1 Å². The normalized spacial score (nSPS) is 11.0. The fourth-order valence-electron chi connectivity index (χ4n) is 3.69. The molecule has 158 valence electrons. The molecule has 0 aliphatic carbocycles. The van der Waals surface area contributed by atoms with Crippen LogP contribution in [0, 0.1) is 6.92 Å². The van der Waals surface area contributed by atoms with Crippen molar-refractivity contribution in [2.24, 2.45) is 0 Å². The molecule has 8 nitrogen and oxygen atoms in total. The number of aryl methyl sites for hydroxylation is 3. The number of imidazole rings is 1. The van der Waals surface area contributed by atoms with Crippen molar-refractivity contribution < 1.29 is 4.79 Å². The van der Waals surface area contributed by atoms with E-state index in [1.54, 1.807) is 34.3 Å². The van der Waals surface area contributed by atoms with Crippen molar-refractivity contribution in [1.82, 2.24) is 19.1 Å². The summed E-state index contributed by atoms with van der Waals surface area (Å²) < 4.78 is 3.34. The maximum atomic E-state index is 12.7. The Hall–Kier alpha value is -3.94. The van der Waals surface area contributed by atoms with Crippen LogP contribution in [-0.2, 0) is 17.9 Å². The number of para-hydroxylation sites is 2. The molecule has 31 heavy (non-hydrogen) atoms. The predicted molar refractivity (Wildman–Crippen MR) is 120 cm³/mol. The monoisotopic (exact) mass is 417 g/mol. The van der Waals surface area contributed by atoms with Crippen LogP contribution in [0.25, 0.3) is 22.4 Å². The zero-order chi connectivity index (χ0) is 22.0. The van der Waals surface area contributed by atoms with Crippen LogP contribution >= 0.6 is 0 Å². The molecule has 2 aromatic carbocycles. The summed E-state index contributed by atoms with van der Waals surface area (Å²) in [6.07, 6.45) is 0.154. The molecular formula is C23H23N5O3. The van der Waals surface area contributed by atoms with Gasteiger partial charge in [-0.1, -0.05) is 24.3 Å². The van der Waals surface area contributed by atoms with E-state index in [0.717, 1.165) is 11.0 Å². The smallest absolute Gasteiger partial charge is 0.326 e. The number of nitrogens with one attached hydrogen (secondary N) is 2. The maximum absolute atomic E-state index is 12.7. The number of nitrogens with zero attached hydrogens (tertiary/aromatic N) is 3. The van der Waals surface area contributed by atoms with Gasteiger partial charge in [-0.3, -0.25) is 18.7 Å². The number of aromatic amines is 1. The van der Waals surface area contributed by atoms with E-state index in [1.165, 1.54) is 6.07 Å². The summed E-state index contributed by atoms with van der Waals surface area (Å²) in [6, 6.07) is 16.1. The Morgan fingerprint density at radius 1 is 1.03 bits per heavy atom. The van der Waals surface area contributed by atoms with E-state index < -0.39 is 0 Å². The number of amides is 1. The van der Waals surface area contributed by atoms with Gasteiger partial charge in [0.25, 0.3) is 5.56 Å². The fourth-order valence-corrected chi connectivity index (χ4v) is 3.69. The summed E-state index contributed by atoms with van der Waals surface area (Å²) in [6.45, 7) is 4.53. The Balaban J connectivity index is 1.50. The van der Waals surface area contributed by atoms with Crippen LogP contribution in [0.4, 0.5) is 5.69 Å². The summed E-state index contributed by atoms with van der Waals surface area (Å²) >= 11 is 0. The molecule has 0 radical (unpaired) electrons. The number of aromatic nitrogens is 4. The SMILES string of the molecule is CCn1c(=O)n(CCC(=O)Nc2cccc(-c3nc(C)cc(=O)[nH]3)c2)c2ccccc21. The van der Waals surface area contributed by atoms with Crippen molar-refractivity contribution in [2.45, 2.75) is 33.4 Å². The molecule has 0 aliphatic rings. The minimum absolute atomic E-state index is 0.118. The van der Waals surface area contributed by atoms with Crippen molar-refractivity contribution in [1.29, 1.82) is 0 Å². The lowest BCUT2D eigenvalue weighted by Crippen LogP contribution is -2.25. The molecule has 0 bridgehead atoms. The number of carbonyl (C=O) groups is 1. The highest BCUT2D eigenvalue weighted by molar-refractivity contribution is 5.91. The third-order valence-corrected chi connectivity index (χ3v) is 5.09. The minimum atomic E-state index is -0.228. The predicted octanol–water partition coefficient (Wildman–Crippen LogP) is 2.91. The van der Waals surface area contributed by atoms with Gasteiger partial charge in [0.2, 0.25) is 5.91 Å². The topological polar surface area (TPSA) is 102 Å². The van der Waals surface area contributed by atoms with Gasteiger partial charge in [0, 0.05) is 42.5 Å². The second kappa shape index (κ2) is 8.43. The fraction of sp³-hybridized carbons (Fsp3) is 0.217. The molecule has 0 saturated carbocycles. The van der Waals surface area contributed by atoms with Crippen molar-refractivity contribution >= 4 is 22.6 Å². The highest BCUT2D eigenvalue weighted by Gasteiger charge is 2.13. The first kappa shape index (κ1) is 20.3. The zero-order valence-corrected chi connectivity index (χ0v) is 17.4. The van der Waals surface area contributed by atoms with Gasteiger partial charge in [0.15, 0.2) is 0 Å². The second-order valence-electron chi connectivity index (χ2n) is 7.28. The summed E-state index contributed by atoms with van der Waals surface area (Å²) in [5, 5.41) is 2.86. The van der Waals surface area contributed by atoms with Gasteiger partial charge in [-0.15, -0.1) is 0 Å².